The molecular formula is C17H30N2O3. The van der Waals surface area contributed by atoms with Crippen molar-refractivity contribution in [1.29, 1.82) is 0 Å². The molecule has 126 valence electrons. The van der Waals surface area contributed by atoms with Gasteiger partial charge in [0, 0.05) is 26.2 Å². The van der Waals surface area contributed by atoms with Crippen molar-refractivity contribution in [1.82, 2.24) is 9.80 Å². The largest absolute Gasteiger partial charge is 0.444 e. The van der Waals surface area contributed by atoms with Crippen molar-refractivity contribution >= 4 is 12.0 Å². The van der Waals surface area contributed by atoms with Gasteiger partial charge in [0.15, 0.2) is 0 Å². The van der Waals surface area contributed by atoms with Crippen LogP contribution in [0.15, 0.2) is 0 Å². The lowest BCUT2D eigenvalue weighted by Gasteiger charge is -2.38. The van der Waals surface area contributed by atoms with Crippen LogP contribution in [-0.4, -0.2) is 53.6 Å². The van der Waals surface area contributed by atoms with Crippen LogP contribution in [0.3, 0.4) is 0 Å². The van der Waals surface area contributed by atoms with Crippen LogP contribution in [0.1, 0.15) is 53.4 Å². The van der Waals surface area contributed by atoms with E-state index >= 15 is 0 Å². The Morgan fingerprint density at radius 1 is 1.00 bits per heavy atom. The van der Waals surface area contributed by atoms with Gasteiger partial charge in [-0.2, -0.15) is 0 Å². The number of likely N-dealkylation sites (tertiary alicyclic amines) is 2. The van der Waals surface area contributed by atoms with E-state index in [1.165, 1.54) is 6.42 Å². The molecule has 5 heteroatoms. The lowest BCUT2D eigenvalue weighted by molar-refractivity contribution is -0.138. The normalized spacial score (nSPS) is 26.7. The Morgan fingerprint density at radius 2 is 1.64 bits per heavy atom. The molecule has 2 rings (SSSR count). The molecule has 2 unspecified atom stereocenters. The van der Waals surface area contributed by atoms with Gasteiger partial charge in [-0.1, -0.05) is 6.92 Å². The van der Waals surface area contributed by atoms with E-state index in [4.69, 9.17) is 4.74 Å². The molecule has 0 spiro atoms. The van der Waals surface area contributed by atoms with Gasteiger partial charge >= 0.3 is 6.09 Å². The molecule has 0 N–H and O–H groups in total. The molecule has 0 saturated carbocycles. The maximum atomic E-state index is 12.7. The number of amides is 2. The standard InChI is InChI=1S/C17H30N2O3/c1-13-7-5-9-18(11-13)15(20)14-8-6-10-19(12-14)16(21)22-17(2,3)4/h13-14H,5-12H2,1-4H3. The number of hydrogen-bond donors (Lipinski definition) is 0. The number of rotatable bonds is 1. The van der Waals surface area contributed by atoms with Crippen molar-refractivity contribution in [2.24, 2.45) is 11.8 Å². The summed E-state index contributed by atoms with van der Waals surface area (Å²) >= 11 is 0. The zero-order valence-corrected chi connectivity index (χ0v) is 14.4. The van der Waals surface area contributed by atoms with Crippen LogP contribution in [0.4, 0.5) is 4.79 Å². The van der Waals surface area contributed by atoms with Crippen molar-refractivity contribution in [3.05, 3.63) is 0 Å². The summed E-state index contributed by atoms with van der Waals surface area (Å²) in [5.41, 5.74) is -0.490. The van der Waals surface area contributed by atoms with E-state index in [2.05, 4.69) is 6.92 Å². The van der Waals surface area contributed by atoms with Crippen molar-refractivity contribution in [3.8, 4) is 0 Å². The van der Waals surface area contributed by atoms with Gasteiger partial charge in [0.05, 0.1) is 5.92 Å². The van der Waals surface area contributed by atoms with Gasteiger partial charge in [-0.05, 0) is 52.4 Å². The second-order valence-corrected chi connectivity index (χ2v) is 7.80. The molecule has 2 aliphatic rings. The molecule has 0 aliphatic carbocycles. The number of piperidine rings is 2. The molecule has 2 heterocycles. The van der Waals surface area contributed by atoms with Crippen LogP contribution in [0, 0.1) is 11.8 Å². The first kappa shape index (κ1) is 17.1. The maximum absolute atomic E-state index is 12.7. The fourth-order valence-corrected chi connectivity index (χ4v) is 3.32. The van der Waals surface area contributed by atoms with Crippen LogP contribution in [0.2, 0.25) is 0 Å². The highest BCUT2D eigenvalue weighted by molar-refractivity contribution is 5.80. The van der Waals surface area contributed by atoms with Gasteiger partial charge in [-0.15, -0.1) is 0 Å². The second kappa shape index (κ2) is 6.88. The Kier molecular flexibility index (Phi) is 5.35. The van der Waals surface area contributed by atoms with Crippen molar-refractivity contribution in [3.63, 3.8) is 0 Å². The Morgan fingerprint density at radius 3 is 2.27 bits per heavy atom. The summed E-state index contributed by atoms with van der Waals surface area (Å²) in [7, 11) is 0. The summed E-state index contributed by atoms with van der Waals surface area (Å²) in [5, 5.41) is 0. The smallest absolute Gasteiger partial charge is 0.410 e. The molecule has 5 nitrogen and oxygen atoms in total. The van der Waals surface area contributed by atoms with Crippen LogP contribution in [0.5, 0.6) is 0 Å². The molecule has 22 heavy (non-hydrogen) atoms. The minimum Gasteiger partial charge on any atom is -0.444 e. The minimum atomic E-state index is -0.490. The van der Waals surface area contributed by atoms with Gasteiger partial charge in [0.2, 0.25) is 5.91 Å². The predicted molar refractivity (Wildman–Crippen MR) is 85.5 cm³/mol. The van der Waals surface area contributed by atoms with E-state index in [0.717, 1.165) is 32.4 Å². The molecule has 2 amide bonds. The van der Waals surface area contributed by atoms with Crippen LogP contribution < -0.4 is 0 Å². The Labute approximate surface area is 134 Å². The summed E-state index contributed by atoms with van der Waals surface area (Å²) in [4.78, 5) is 28.6. The van der Waals surface area contributed by atoms with Crippen LogP contribution >= 0.6 is 0 Å². The number of hydrogen-bond acceptors (Lipinski definition) is 3. The Bertz CT molecular complexity index is 417. The SMILES string of the molecule is CC1CCCN(C(=O)C2CCCN(C(=O)OC(C)(C)C)C2)C1. The van der Waals surface area contributed by atoms with E-state index in [-0.39, 0.29) is 17.9 Å². The van der Waals surface area contributed by atoms with Gasteiger partial charge in [0.1, 0.15) is 5.60 Å². The van der Waals surface area contributed by atoms with Crippen molar-refractivity contribution < 1.29 is 14.3 Å². The van der Waals surface area contributed by atoms with E-state index in [1.54, 1.807) is 4.90 Å². The summed E-state index contributed by atoms with van der Waals surface area (Å²) in [6.07, 6.45) is 3.76. The van der Waals surface area contributed by atoms with E-state index in [0.29, 0.717) is 19.0 Å². The predicted octanol–water partition coefficient (Wildman–Crippen LogP) is 2.89. The van der Waals surface area contributed by atoms with Crippen LogP contribution in [-0.2, 0) is 9.53 Å². The molecule has 2 fully saturated rings. The summed E-state index contributed by atoms with van der Waals surface area (Å²) in [5.74, 6) is 0.745. The van der Waals surface area contributed by atoms with Crippen molar-refractivity contribution in [2.45, 2.75) is 59.0 Å². The third-order valence-corrected chi connectivity index (χ3v) is 4.39. The van der Waals surface area contributed by atoms with Crippen molar-refractivity contribution in [2.75, 3.05) is 26.2 Å². The fourth-order valence-electron chi connectivity index (χ4n) is 3.32. The fraction of sp³-hybridized carbons (Fsp3) is 0.882. The quantitative estimate of drug-likeness (QED) is 0.748. The van der Waals surface area contributed by atoms with Gasteiger partial charge in [0.25, 0.3) is 0 Å². The van der Waals surface area contributed by atoms with Crippen LogP contribution in [0.25, 0.3) is 0 Å². The highest BCUT2D eigenvalue weighted by atomic mass is 16.6. The van der Waals surface area contributed by atoms with E-state index in [9.17, 15) is 9.59 Å². The molecule has 2 saturated heterocycles. The number of carbonyl (C=O) groups excluding carboxylic acids is 2. The highest BCUT2D eigenvalue weighted by Crippen LogP contribution is 2.24. The molecule has 0 aromatic rings. The molecular weight excluding hydrogens is 280 g/mol. The highest BCUT2D eigenvalue weighted by Gasteiger charge is 2.34. The first-order chi connectivity index (χ1) is 10.3. The molecule has 2 atom stereocenters. The molecule has 0 radical (unpaired) electrons. The van der Waals surface area contributed by atoms with Gasteiger partial charge in [-0.3, -0.25) is 4.79 Å². The number of carbonyl (C=O) groups is 2. The Hall–Kier alpha value is -1.26. The molecule has 0 bridgehead atoms. The molecule has 0 aromatic heterocycles. The number of nitrogens with zero attached hydrogens (tertiary/aromatic N) is 2. The lowest BCUT2D eigenvalue weighted by atomic mass is 9.94. The zero-order valence-electron chi connectivity index (χ0n) is 14.4. The topological polar surface area (TPSA) is 49.9 Å². The second-order valence-electron chi connectivity index (χ2n) is 7.80. The van der Waals surface area contributed by atoms with Gasteiger partial charge < -0.3 is 14.5 Å². The third-order valence-electron chi connectivity index (χ3n) is 4.39. The summed E-state index contributed by atoms with van der Waals surface area (Å²) in [6, 6.07) is 0. The Balaban J connectivity index is 1.92. The summed E-state index contributed by atoms with van der Waals surface area (Å²) < 4.78 is 5.43. The molecule has 2 aliphatic heterocycles. The average molecular weight is 310 g/mol. The lowest BCUT2D eigenvalue weighted by Crippen LogP contribution is -2.49. The van der Waals surface area contributed by atoms with E-state index < -0.39 is 5.60 Å². The third kappa shape index (κ3) is 4.62. The average Bonchev–Trinajstić information content (AvgIpc) is 2.45. The zero-order chi connectivity index (χ0) is 16.3. The maximum Gasteiger partial charge on any atom is 0.410 e. The molecule has 0 aromatic carbocycles. The van der Waals surface area contributed by atoms with Gasteiger partial charge in [-0.25, -0.2) is 4.79 Å². The summed E-state index contributed by atoms with van der Waals surface area (Å²) in [6.45, 7) is 10.7. The van der Waals surface area contributed by atoms with E-state index in [1.807, 2.05) is 25.7 Å². The monoisotopic (exact) mass is 310 g/mol. The first-order valence-corrected chi connectivity index (χ1v) is 8.53. The first-order valence-electron chi connectivity index (χ1n) is 8.53. The minimum absolute atomic E-state index is 0.0634. The number of ether oxygens (including phenoxy) is 1.